The Morgan fingerprint density at radius 2 is 2.00 bits per heavy atom. The molecule has 2 heterocycles. The molecule has 2 atom stereocenters. The van der Waals surface area contributed by atoms with Gasteiger partial charge in [0.2, 0.25) is 11.8 Å². The third-order valence-electron chi connectivity index (χ3n) is 4.91. The van der Waals surface area contributed by atoms with Gasteiger partial charge >= 0.3 is 5.92 Å². The summed E-state index contributed by atoms with van der Waals surface area (Å²) < 4.78 is 77.6. The van der Waals surface area contributed by atoms with Crippen molar-refractivity contribution >= 4 is 35.2 Å². The minimum atomic E-state index is -4.27. The van der Waals surface area contributed by atoms with Crippen molar-refractivity contribution in [1.82, 2.24) is 15.5 Å². The molecule has 2 aromatic rings. The van der Waals surface area contributed by atoms with Crippen molar-refractivity contribution in [1.29, 1.82) is 0 Å². The van der Waals surface area contributed by atoms with Gasteiger partial charge in [0, 0.05) is 39.7 Å². The average Bonchev–Trinajstić information content (AvgIpc) is 3.17. The van der Waals surface area contributed by atoms with Crippen molar-refractivity contribution in [3.8, 4) is 0 Å². The minimum absolute atomic E-state index is 0.0450. The van der Waals surface area contributed by atoms with Crippen molar-refractivity contribution in [2.24, 2.45) is 0 Å². The molecule has 0 spiro atoms. The fraction of sp³-hybridized carbons (Fsp3) is 0.273. The molecule has 2 aliphatic heterocycles. The van der Waals surface area contributed by atoms with E-state index in [1.807, 2.05) is 0 Å². The number of hydrogen-bond donors (Lipinski definition) is 2. The van der Waals surface area contributed by atoms with Crippen LogP contribution in [0, 0.1) is 0 Å². The van der Waals surface area contributed by atoms with Crippen LogP contribution in [0.2, 0.25) is 6.43 Å². The number of rotatable bonds is 5. The first-order chi connectivity index (χ1) is 17.5. The second-order valence-corrected chi connectivity index (χ2v) is 7.43. The number of carbonyl (C=O) groups excluding carboxylic acids is 4. The van der Waals surface area contributed by atoms with Crippen LogP contribution in [0.25, 0.3) is 0 Å². The van der Waals surface area contributed by atoms with Gasteiger partial charge in [0.05, 0.1) is 2.74 Å². The van der Waals surface area contributed by atoms with Gasteiger partial charge in [-0.05, 0) is 35.7 Å². The molecule has 2 aromatic carbocycles. The third kappa shape index (κ3) is 4.08. The van der Waals surface area contributed by atoms with E-state index in [0.717, 1.165) is 47.4 Å². The summed E-state index contributed by atoms with van der Waals surface area (Å²) in [7, 11) is 0. The summed E-state index contributed by atoms with van der Waals surface area (Å²) >= 11 is 5.68. The number of alkyl halides is 2. The van der Waals surface area contributed by atoms with Gasteiger partial charge < -0.3 is 10.2 Å². The molecular weight excluding hydrogens is 444 g/mol. The first-order valence-corrected chi connectivity index (χ1v) is 9.58. The monoisotopic (exact) mass is 467 g/mol. The predicted octanol–water partition coefficient (Wildman–Crippen LogP) is 2.51. The Hall–Kier alpha value is -3.33. The molecule has 0 aliphatic carbocycles. The Bertz CT molecular complexity index is 1360. The highest BCUT2D eigenvalue weighted by Crippen LogP contribution is 2.30. The molecule has 4 amide bonds. The van der Waals surface area contributed by atoms with Crippen molar-refractivity contribution in [2.45, 2.75) is 37.8 Å². The quantitative estimate of drug-likeness (QED) is 0.660. The Morgan fingerprint density at radius 1 is 1.28 bits per heavy atom. The Balaban J connectivity index is 1.61. The van der Waals surface area contributed by atoms with Gasteiger partial charge in [-0.15, -0.1) is 0 Å². The number of fused-ring (bicyclic) bond motifs is 1. The molecule has 0 radical (unpaired) electrons. The maximum Gasteiger partial charge on any atom is 0.349 e. The predicted molar refractivity (Wildman–Crippen MR) is 110 cm³/mol. The zero-order valence-corrected chi connectivity index (χ0v) is 16.8. The Morgan fingerprint density at radius 3 is 2.72 bits per heavy atom. The molecule has 0 aromatic heterocycles. The van der Waals surface area contributed by atoms with E-state index >= 15 is 0 Å². The zero-order valence-electron chi connectivity index (χ0n) is 22.1. The molecule has 2 N–H and O–H groups in total. The molecule has 7 nitrogen and oxygen atoms in total. The molecule has 0 bridgehead atoms. The molecule has 166 valence electrons. The van der Waals surface area contributed by atoms with Crippen LogP contribution in [0.15, 0.2) is 42.5 Å². The highest BCUT2D eigenvalue weighted by molar-refractivity contribution is 6.30. The largest absolute Gasteiger partial charge is 0.349 e. The van der Waals surface area contributed by atoms with Gasteiger partial charge in [0.1, 0.15) is 6.04 Å². The van der Waals surface area contributed by atoms with E-state index in [1.165, 1.54) is 0 Å². The average molecular weight is 468 g/mol. The molecule has 32 heavy (non-hydrogen) atoms. The SMILES string of the molecule is [2H]C1C(N2Cc3cc(C([2H])([2H])N([2H])C(=O)C(F)(F)c4ccc(Cl)cc4)ccc3C2=O)C(=O)NC(=O)C1([2H])[2H]. The smallest absolute Gasteiger partial charge is 0.346 e. The van der Waals surface area contributed by atoms with Crippen LogP contribution in [0.5, 0.6) is 0 Å². The number of hydrogen-bond acceptors (Lipinski definition) is 4. The highest BCUT2D eigenvalue weighted by atomic mass is 35.5. The van der Waals surface area contributed by atoms with Gasteiger partial charge in [0.25, 0.3) is 11.8 Å². The molecule has 4 rings (SSSR count). The number of halogens is 3. The molecular formula is C22H18ClF2N3O4. The molecule has 1 fully saturated rings. The fourth-order valence-electron chi connectivity index (χ4n) is 3.29. The van der Waals surface area contributed by atoms with E-state index in [4.69, 9.17) is 19.9 Å². The summed E-state index contributed by atoms with van der Waals surface area (Å²) in [6.07, 6.45) is -4.73. The number of nitrogens with zero attached hydrogens (tertiary/aromatic N) is 1. The first-order valence-electron chi connectivity index (χ1n) is 12.2. The van der Waals surface area contributed by atoms with Crippen LogP contribution in [0.1, 0.15) is 46.7 Å². The van der Waals surface area contributed by atoms with Gasteiger partial charge in [-0.2, -0.15) is 8.78 Å². The minimum Gasteiger partial charge on any atom is -0.346 e. The summed E-state index contributed by atoms with van der Waals surface area (Å²) in [4.78, 5) is 50.4. The third-order valence-corrected chi connectivity index (χ3v) is 5.16. The van der Waals surface area contributed by atoms with Crippen molar-refractivity contribution < 1.29 is 36.2 Å². The number of carbonyl (C=O) groups is 4. The van der Waals surface area contributed by atoms with E-state index in [0.29, 0.717) is 0 Å². The van der Waals surface area contributed by atoms with Gasteiger partial charge in [0.15, 0.2) is 1.41 Å². The van der Waals surface area contributed by atoms with E-state index in [1.54, 1.807) is 5.32 Å². The van der Waals surface area contributed by atoms with Gasteiger partial charge in [-0.3, -0.25) is 24.5 Å². The lowest BCUT2D eigenvalue weighted by Crippen LogP contribution is -2.52. The molecule has 2 unspecified atom stereocenters. The standard InChI is InChI=1S/C22H18ClF2N3O4/c23-15-4-2-14(3-5-15)22(24,25)21(32)26-10-12-1-6-16-13(9-12)11-28(20(16)31)17-7-8-18(29)27-19(17)30/h1-6,9,17H,7-8,10-11H2,(H,26,32)(H,27,29,30)/i7D,8D2,10D2/hD. The number of amides is 4. The van der Waals surface area contributed by atoms with E-state index in [-0.39, 0.29) is 16.1 Å². The van der Waals surface area contributed by atoms with Gasteiger partial charge in [-0.1, -0.05) is 35.9 Å². The van der Waals surface area contributed by atoms with Gasteiger partial charge in [-0.25, -0.2) is 0 Å². The number of benzene rings is 2. The molecule has 2 aliphatic rings. The van der Waals surface area contributed by atoms with Crippen molar-refractivity contribution in [3.05, 3.63) is 69.7 Å². The van der Waals surface area contributed by atoms with E-state index < -0.39 is 77.8 Å². The number of imide groups is 1. The summed E-state index contributed by atoms with van der Waals surface area (Å²) in [6, 6.07) is 5.46. The van der Waals surface area contributed by atoms with Crippen LogP contribution >= 0.6 is 11.6 Å². The number of piperidine rings is 1. The van der Waals surface area contributed by atoms with Crippen LogP contribution in [-0.2, 0) is 33.3 Å². The van der Waals surface area contributed by atoms with Crippen molar-refractivity contribution in [3.63, 3.8) is 0 Å². The molecule has 0 saturated carbocycles. The fourth-order valence-corrected chi connectivity index (χ4v) is 3.42. The number of nitrogens with one attached hydrogen (secondary N) is 2. The lowest BCUT2D eigenvalue weighted by molar-refractivity contribution is -0.147. The van der Waals surface area contributed by atoms with E-state index in [9.17, 15) is 28.0 Å². The normalized spacial score (nSPS) is 25.5. The Kier molecular flexibility index (Phi) is 4.02. The highest BCUT2D eigenvalue weighted by Gasteiger charge is 2.41. The van der Waals surface area contributed by atoms with Crippen LogP contribution in [0.4, 0.5) is 8.78 Å². The Labute approximate surface area is 195 Å². The summed E-state index contributed by atoms with van der Waals surface area (Å²) in [6.45, 7) is -3.49. The first kappa shape index (κ1) is 15.5. The zero-order chi connectivity index (χ0) is 28.4. The maximum atomic E-state index is 14.8. The maximum absolute atomic E-state index is 14.8. The lowest BCUT2D eigenvalue weighted by atomic mass is 10.0. The van der Waals surface area contributed by atoms with Crippen LogP contribution < -0.4 is 10.6 Å². The second kappa shape index (κ2) is 8.31. The summed E-state index contributed by atoms with van der Waals surface area (Å²) in [5.74, 6) is -9.60. The van der Waals surface area contributed by atoms with Crippen molar-refractivity contribution in [2.75, 3.05) is 0 Å². The summed E-state index contributed by atoms with van der Waals surface area (Å²) in [5.41, 5.74) is -1.19. The second-order valence-electron chi connectivity index (χ2n) is 6.99. The van der Waals surface area contributed by atoms with E-state index in [2.05, 4.69) is 0 Å². The van der Waals surface area contributed by atoms with Crippen LogP contribution in [-0.4, -0.2) is 34.6 Å². The topological polar surface area (TPSA) is 95.6 Å². The molecule has 10 heteroatoms. The van der Waals surface area contributed by atoms with Crippen LogP contribution in [0.3, 0.4) is 0 Å². The lowest BCUT2D eigenvalue weighted by Gasteiger charge is -2.29. The molecule has 1 saturated heterocycles. The summed E-state index contributed by atoms with van der Waals surface area (Å²) in [5, 5.41) is 1.41.